The van der Waals surface area contributed by atoms with Crippen molar-refractivity contribution in [2.75, 3.05) is 33.5 Å². The molecule has 38 heavy (non-hydrogen) atoms. The highest BCUT2D eigenvalue weighted by atomic mass is 16.5. The van der Waals surface area contributed by atoms with E-state index in [1.54, 1.807) is 12.1 Å². The standard InChI is InChI=1S/C29H34O9/c1-29(2,20-4-8-26(9-5-20)36-16-24(32)15-35-3)21-6-10-27(11-7-21)37-17-25(33)18-38-28(34)19-12-22(30)14-23(31)13-19/h4-14,24-25,30-33H,15-18H2,1-3H3. The second-order valence-corrected chi connectivity index (χ2v) is 9.40. The lowest BCUT2D eigenvalue weighted by atomic mass is 9.78. The van der Waals surface area contributed by atoms with Crippen LogP contribution in [-0.4, -0.2) is 72.1 Å². The van der Waals surface area contributed by atoms with Gasteiger partial charge in [-0.1, -0.05) is 38.1 Å². The second-order valence-electron chi connectivity index (χ2n) is 9.40. The van der Waals surface area contributed by atoms with E-state index in [1.165, 1.54) is 7.11 Å². The summed E-state index contributed by atoms with van der Waals surface area (Å²) in [5.41, 5.74) is 1.80. The fourth-order valence-electron chi connectivity index (χ4n) is 3.74. The van der Waals surface area contributed by atoms with Crippen molar-refractivity contribution < 1.29 is 44.2 Å². The summed E-state index contributed by atoms with van der Waals surface area (Å²) >= 11 is 0. The van der Waals surface area contributed by atoms with Gasteiger partial charge in [-0.05, 0) is 47.5 Å². The molecule has 4 N–H and O–H groups in total. The lowest BCUT2D eigenvalue weighted by Gasteiger charge is -2.26. The molecule has 0 spiro atoms. The van der Waals surface area contributed by atoms with Crippen LogP contribution in [-0.2, 0) is 14.9 Å². The Labute approximate surface area is 221 Å². The van der Waals surface area contributed by atoms with Gasteiger partial charge in [-0.25, -0.2) is 4.79 Å². The van der Waals surface area contributed by atoms with Gasteiger partial charge in [-0.2, -0.15) is 0 Å². The summed E-state index contributed by atoms with van der Waals surface area (Å²) in [6, 6.07) is 18.6. The molecule has 9 nitrogen and oxygen atoms in total. The van der Waals surface area contributed by atoms with E-state index in [1.807, 2.05) is 36.4 Å². The Kier molecular flexibility index (Phi) is 9.95. The molecule has 0 aliphatic heterocycles. The first-order chi connectivity index (χ1) is 18.1. The number of hydrogen-bond acceptors (Lipinski definition) is 9. The summed E-state index contributed by atoms with van der Waals surface area (Å²) in [6.07, 6.45) is -1.76. The van der Waals surface area contributed by atoms with Gasteiger partial charge in [0.1, 0.15) is 55.0 Å². The maximum atomic E-state index is 12.1. The van der Waals surface area contributed by atoms with E-state index in [-0.39, 0.29) is 48.9 Å². The van der Waals surface area contributed by atoms with Crippen molar-refractivity contribution in [3.63, 3.8) is 0 Å². The first kappa shape index (κ1) is 28.8. The molecule has 204 valence electrons. The highest BCUT2D eigenvalue weighted by Gasteiger charge is 2.23. The van der Waals surface area contributed by atoms with Crippen LogP contribution in [0.1, 0.15) is 35.3 Å². The van der Waals surface area contributed by atoms with E-state index < -0.39 is 18.2 Å². The van der Waals surface area contributed by atoms with Gasteiger partial charge in [-0.3, -0.25) is 0 Å². The molecule has 9 heteroatoms. The number of carbonyl (C=O) groups excluding carboxylic acids is 1. The number of esters is 1. The number of benzene rings is 3. The van der Waals surface area contributed by atoms with Crippen LogP contribution in [0.4, 0.5) is 0 Å². The largest absolute Gasteiger partial charge is 0.508 e. The number of carbonyl (C=O) groups is 1. The number of ether oxygens (including phenoxy) is 4. The van der Waals surface area contributed by atoms with E-state index in [9.17, 15) is 25.2 Å². The van der Waals surface area contributed by atoms with Crippen molar-refractivity contribution in [3.8, 4) is 23.0 Å². The monoisotopic (exact) mass is 526 g/mol. The minimum Gasteiger partial charge on any atom is -0.508 e. The highest BCUT2D eigenvalue weighted by Crippen LogP contribution is 2.33. The van der Waals surface area contributed by atoms with Crippen LogP contribution in [0.3, 0.4) is 0 Å². The quantitative estimate of drug-likeness (QED) is 0.247. The summed E-state index contributed by atoms with van der Waals surface area (Å²) in [4.78, 5) is 12.1. The first-order valence-electron chi connectivity index (χ1n) is 12.1. The molecule has 2 atom stereocenters. The molecule has 0 radical (unpaired) electrons. The maximum absolute atomic E-state index is 12.1. The molecule has 0 bridgehead atoms. The van der Waals surface area contributed by atoms with Crippen LogP contribution < -0.4 is 9.47 Å². The first-order valence-corrected chi connectivity index (χ1v) is 12.1. The molecule has 0 aliphatic rings. The molecule has 0 aromatic heterocycles. The Morgan fingerprint density at radius 1 is 0.737 bits per heavy atom. The smallest absolute Gasteiger partial charge is 0.338 e. The van der Waals surface area contributed by atoms with E-state index in [0.29, 0.717) is 11.5 Å². The van der Waals surface area contributed by atoms with Gasteiger partial charge >= 0.3 is 5.97 Å². The van der Waals surface area contributed by atoms with Gasteiger partial charge in [-0.15, -0.1) is 0 Å². The average molecular weight is 527 g/mol. The Hall–Kier alpha value is -3.79. The van der Waals surface area contributed by atoms with Crippen LogP contribution in [0.2, 0.25) is 0 Å². The van der Waals surface area contributed by atoms with Crippen molar-refractivity contribution >= 4 is 5.97 Å². The molecular weight excluding hydrogens is 492 g/mol. The Morgan fingerprint density at radius 3 is 1.63 bits per heavy atom. The van der Waals surface area contributed by atoms with Crippen molar-refractivity contribution in [2.45, 2.75) is 31.5 Å². The van der Waals surface area contributed by atoms with Gasteiger partial charge in [0.15, 0.2) is 0 Å². The predicted octanol–water partition coefficient (Wildman–Crippen LogP) is 3.41. The molecule has 0 heterocycles. The minimum atomic E-state index is -1.07. The fourth-order valence-corrected chi connectivity index (χ4v) is 3.74. The van der Waals surface area contributed by atoms with Crippen LogP contribution >= 0.6 is 0 Å². The van der Waals surface area contributed by atoms with Crippen LogP contribution in [0, 0.1) is 0 Å². The molecule has 0 amide bonds. The topological polar surface area (TPSA) is 135 Å². The second kappa shape index (κ2) is 13.1. The normalized spacial score (nSPS) is 13.0. The Morgan fingerprint density at radius 2 is 1.18 bits per heavy atom. The minimum absolute atomic E-state index is 0.0307. The molecule has 0 saturated heterocycles. The summed E-state index contributed by atoms with van der Waals surface area (Å²) < 4.78 is 21.2. The number of rotatable bonds is 13. The summed E-state index contributed by atoms with van der Waals surface area (Å²) in [6.45, 7) is 4.16. The summed E-state index contributed by atoms with van der Waals surface area (Å²) in [5.74, 6) is -0.120. The lowest BCUT2D eigenvalue weighted by molar-refractivity contribution is 0.0130. The highest BCUT2D eigenvalue weighted by molar-refractivity contribution is 5.90. The van der Waals surface area contributed by atoms with Crippen LogP contribution in [0.15, 0.2) is 66.7 Å². The van der Waals surface area contributed by atoms with Crippen LogP contribution in [0.5, 0.6) is 23.0 Å². The third-order valence-corrected chi connectivity index (χ3v) is 5.94. The average Bonchev–Trinajstić information content (AvgIpc) is 2.89. The summed E-state index contributed by atoms with van der Waals surface area (Å²) in [7, 11) is 1.52. The number of hydrogen-bond donors (Lipinski definition) is 4. The molecule has 0 fully saturated rings. The zero-order chi connectivity index (χ0) is 27.7. The van der Waals surface area contributed by atoms with E-state index in [4.69, 9.17) is 18.9 Å². The SMILES string of the molecule is COCC(O)COc1ccc(C(C)(C)c2ccc(OCC(O)COC(=O)c3cc(O)cc(O)c3)cc2)cc1. The molecule has 0 aliphatic carbocycles. The van der Waals surface area contributed by atoms with Gasteiger partial charge < -0.3 is 39.4 Å². The number of phenolic OH excluding ortho intramolecular Hbond substituents is 2. The van der Waals surface area contributed by atoms with Gasteiger partial charge in [0.05, 0.1) is 12.2 Å². The molecule has 3 aromatic rings. The lowest BCUT2D eigenvalue weighted by Crippen LogP contribution is -2.25. The van der Waals surface area contributed by atoms with Crippen molar-refractivity contribution in [1.82, 2.24) is 0 Å². The van der Waals surface area contributed by atoms with Crippen LogP contribution in [0.25, 0.3) is 0 Å². The Balaban J connectivity index is 1.50. The third kappa shape index (κ3) is 8.11. The number of phenols is 2. The fraction of sp³-hybridized carbons (Fsp3) is 0.345. The molecule has 2 unspecified atom stereocenters. The summed E-state index contributed by atoms with van der Waals surface area (Å²) in [5, 5.41) is 38.8. The molecular formula is C29H34O9. The maximum Gasteiger partial charge on any atom is 0.338 e. The number of aliphatic hydroxyl groups excluding tert-OH is 2. The zero-order valence-corrected chi connectivity index (χ0v) is 21.7. The molecule has 0 saturated carbocycles. The number of methoxy groups -OCH3 is 1. The van der Waals surface area contributed by atoms with Gasteiger partial charge in [0.25, 0.3) is 0 Å². The molecule has 3 rings (SSSR count). The predicted molar refractivity (Wildman–Crippen MR) is 140 cm³/mol. The number of aromatic hydroxyl groups is 2. The van der Waals surface area contributed by atoms with Crippen molar-refractivity contribution in [2.24, 2.45) is 0 Å². The number of aliphatic hydroxyl groups is 2. The zero-order valence-electron chi connectivity index (χ0n) is 21.7. The van der Waals surface area contributed by atoms with E-state index in [2.05, 4.69) is 13.8 Å². The van der Waals surface area contributed by atoms with E-state index >= 15 is 0 Å². The third-order valence-electron chi connectivity index (χ3n) is 5.94. The molecule has 3 aromatic carbocycles. The van der Waals surface area contributed by atoms with E-state index in [0.717, 1.165) is 29.3 Å². The van der Waals surface area contributed by atoms with Crippen molar-refractivity contribution in [1.29, 1.82) is 0 Å². The van der Waals surface area contributed by atoms with Crippen molar-refractivity contribution in [3.05, 3.63) is 83.4 Å². The van der Waals surface area contributed by atoms with Gasteiger partial charge in [0.2, 0.25) is 0 Å². The Bertz CT molecular complexity index is 1150. The van der Waals surface area contributed by atoms with Gasteiger partial charge in [0, 0.05) is 18.6 Å².